The quantitative estimate of drug-likeness (QED) is 0.688. The molecule has 1 unspecified atom stereocenters. The Morgan fingerprint density at radius 3 is 2.45 bits per heavy atom. The van der Waals surface area contributed by atoms with Gasteiger partial charge in [-0.25, -0.2) is 9.67 Å². The highest BCUT2D eigenvalue weighted by Gasteiger charge is 2.10. The van der Waals surface area contributed by atoms with Gasteiger partial charge < -0.3 is 5.73 Å². The van der Waals surface area contributed by atoms with E-state index in [2.05, 4.69) is 23.9 Å². The van der Waals surface area contributed by atoms with Crippen molar-refractivity contribution in [3.8, 4) is 0 Å². The van der Waals surface area contributed by atoms with Crippen molar-refractivity contribution in [2.75, 3.05) is 0 Å². The Morgan fingerprint density at radius 1 is 1.45 bits per heavy atom. The van der Waals surface area contributed by atoms with Gasteiger partial charge in [0.25, 0.3) is 0 Å². The van der Waals surface area contributed by atoms with Crippen molar-refractivity contribution in [1.29, 1.82) is 0 Å². The maximum atomic E-state index is 5.67. The van der Waals surface area contributed by atoms with E-state index in [1.54, 1.807) is 6.33 Å². The lowest BCUT2D eigenvalue weighted by atomic mass is 10.3. The van der Waals surface area contributed by atoms with Crippen molar-refractivity contribution >= 4 is 0 Å². The first-order valence-corrected chi connectivity index (χ1v) is 3.78. The Kier molecular flexibility index (Phi) is 2.24. The van der Waals surface area contributed by atoms with Crippen molar-refractivity contribution < 1.29 is 0 Å². The van der Waals surface area contributed by atoms with Crippen molar-refractivity contribution in [2.45, 2.75) is 32.9 Å². The van der Waals surface area contributed by atoms with Crippen LogP contribution in [-0.2, 0) is 0 Å². The molecule has 0 aliphatic heterocycles. The first-order valence-electron chi connectivity index (χ1n) is 3.78. The molecule has 1 atom stereocenters. The lowest BCUT2D eigenvalue weighted by Gasteiger charge is -2.10. The molecule has 4 nitrogen and oxygen atoms in total. The van der Waals surface area contributed by atoms with Gasteiger partial charge in [-0.3, -0.25) is 0 Å². The third kappa shape index (κ3) is 1.57. The van der Waals surface area contributed by atoms with Crippen LogP contribution in [0.4, 0.5) is 0 Å². The SMILES string of the molecule is CC(N)c1ncnn1C(C)C. The largest absolute Gasteiger partial charge is 0.322 e. The number of rotatable bonds is 2. The Bertz CT molecular complexity index is 204. The van der Waals surface area contributed by atoms with Crippen molar-refractivity contribution in [2.24, 2.45) is 5.73 Å². The van der Waals surface area contributed by atoms with Gasteiger partial charge in [-0.2, -0.15) is 5.10 Å². The standard InChI is InChI=1S/C7H14N4/c1-5(2)11-7(6(3)8)9-4-10-11/h4-6H,8H2,1-3H3. The highest BCUT2D eigenvalue weighted by molar-refractivity contribution is 4.91. The van der Waals surface area contributed by atoms with Crippen molar-refractivity contribution in [3.63, 3.8) is 0 Å². The Morgan fingerprint density at radius 2 is 2.09 bits per heavy atom. The molecule has 0 saturated carbocycles. The summed E-state index contributed by atoms with van der Waals surface area (Å²) in [6.45, 7) is 6.02. The van der Waals surface area contributed by atoms with E-state index in [4.69, 9.17) is 5.73 Å². The monoisotopic (exact) mass is 154 g/mol. The number of aromatic nitrogens is 3. The fourth-order valence-corrected chi connectivity index (χ4v) is 0.983. The molecule has 1 aromatic rings. The van der Waals surface area contributed by atoms with E-state index in [1.165, 1.54) is 0 Å². The smallest absolute Gasteiger partial charge is 0.143 e. The highest BCUT2D eigenvalue weighted by Crippen LogP contribution is 2.10. The van der Waals surface area contributed by atoms with Gasteiger partial charge in [0.15, 0.2) is 0 Å². The van der Waals surface area contributed by atoms with Crippen LogP contribution in [-0.4, -0.2) is 14.8 Å². The molecule has 0 amide bonds. The van der Waals surface area contributed by atoms with Crippen LogP contribution in [0.5, 0.6) is 0 Å². The fourth-order valence-electron chi connectivity index (χ4n) is 0.983. The summed E-state index contributed by atoms with van der Waals surface area (Å²) in [5, 5.41) is 4.06. The lowest BCUT2D eigenvalue weighted by molar-refractivity contribution is 0.488. The van der Waals surface area contributed by atoms with E-state index < -0.39 is 0 Å². The second-order valence-electron chi connectivity index (χ2n) is 2.95. The molecule has 0 fully saturated rings. The van der Waals surface area contributed by atoms with E-state index in [0.29, 0.717) is 6.04 Å². The van der Waals surface area contributed by atoms with Crippen LogP contribution >= 0.6 is 0 Å². The third-order valence-corrected chi connectivity index (χ3v) is 1.50. The summed E-state index contributed by atoms with van der Waals surface area (Å²) in [5.74, 6) is 0.847. The van der Waals surface area contributed by atoms with Crippen LogP contribution in [0.15, 0.2) is 6.33 Å². The Labute approximate surface area is 66.4 Å². The highest BCUT2D eigenvalue weighted by atomic mass is 15.4. The molecule has 11 heavy (non-hydrogen) atoms. The molecule has 0 aromatic carbocycles. The van der Waals surface area contributed by atoms with Gasteiger partial charge in [-0.15, -0.1) is 0 Å². The maximum absolute atomic E-state index is 5.67. The van der Waals surface area contributed by atoms with Crippen LogP contribution in [0, 0.1) is 0 Å². The number of hydrogen-bond donors (Lipinski definition) is 1. The van der Waals surface area contributed by atoms with Gasteiger partial charge in [0, 0.05) is 6.04 Å². The van der Waals surface area contributed by atoms with E-state index in [1.807, 2.05) is 11.6 Å². The van der Waals surface area contributed by atoms with Gasteiger partial charge in [-0.1, -0.05) is 0 Å². The first kappa shape index (κ1) is 8.20. The molecular weight excluding hydrogens is 140 g/mol. The van der Waals surface area contributed by atoms with E-state index in [0.717, 1.165) is 5.82 Å². The fraction of sp³-hybridized carbons (Fsp3) is 0.714. The Balaban J connectivity index is 2.96. The lowest BCUT2D eigenvalue weighted by Crippen LogP contribution is -2.15. The predicted octanol–water partition coefficient (Wildman–Crippen LogP) is 0.879. The van der Waals surface area contributed by atoms with Gasteiger partial charge >= 0.3 is 0 Å². The molecule has 2 N–H and O–H groups in total. The minimum atomic E-state index is -0.0418. The van der Waals surface area contributed by atoms with Gasteiger partial charge in [-0.05, 0) is 20.8 Å². The van der Waals surface area contributed by atoms with Crippen molar-refractivity contribution in [3.05, 3.63) is 12.2 Å². The summed E-state index contributed by atoms with van der Waals surface area (Å²) in [4.78, 5) is 4.06. The number of nitrogens with zero attached hydrogens (tertiary/aromatic N) is 3. The maximum Gasteiger partial charge on any atom is 0.143 e. The molecule has 0 spiro atoms. The van der Waals surface area contributed by atoms with E-state index in [-0.39, 0.29) is 6.04 Å². The van der Waals surface area contributed by atoms with Crippen LogP contribution in [0.1, 0.15) is 38.7 Å². The number of hydrogen-bond acceptors (Lipinski definition) is 3. The topological polar surface area (TPSA) is 56.7 Å². The summed E-state index contributed by atoms with van der Waals surface area (Å²) in [6.07, 6.45) is 1.54. The third-order valence-electron chi connectivity index (χ3n) is 1.50. The number of nitrogens with two attached hydrogens (primary N) is 1. The average Bonchev–Trinajstić information content (AvgIpc) is 2.32. The van der Waals surface area contributed by atoms with Crippen LogP contribution in [0.25, 0.3) is 0 Å². The zero-order chi connectivity index (χ0) is 8.43. The molecule has 1 aromatic heterocycles. The average molecular weight is 154 g/mol. The normalized spacial score (nSPS) is 13.9. The summed E-state index contributed by atoms with van der Waals surface area (Å²) >= 11 is 0. The minimum absolute atomic E-state index is 0.0418. The molecule has 0 bridgehead atoms. The molecule has 0 radical (unpaired) electrons. The van der Waals surface area contributed by atoms with Crippen LogP contribution in [0.3, 0.4) is 0 Å². The second-order valence-corrected chi connectivity index (χ2v) is 2.95. The zero-order valence-electron chi connectivity index (χ0n) is 7.15. The molecule has 0 saturated heterocycles. The van der Waals surface area contributed by atoms with E-state index in [9.17, 15) is 0 Å². The predicted molar refractivity (Wildman–Crippen MR) is 43.0 cm³/mol. The summed E-state index contributed by atoms with van der Waals surface area (Å²) < 4.78 is 1.84. The van der Waals surface area contributed by atoms with Gasteiger partial charge in [0.1, 0.15) is 12.2 Å². The van der Waals surface area contributed by atoms with Gasteiger partial charge in [0.2, 0.25) is 0 Å². The molecule has 0 aliphatic rings. The van der Waals surface area contributed by atoms with E-state index >= 15 is 0 Å². The second kappa shape index (κ2) is 3.00. The molecule has 0 aliphatic carbocycles. The molecule has 1 rings (SSSR count). The Hall–Kier alpha value is -0.900. The summed E-state index contributed by atoms with van der Waals surface area (Å²) in [7, 11) is 0. The van der Waals surface area contributed by atoms with Crippen LogP contribution < -0.4 is 5.73 Å². The molecule has 1 heterocycles. The molecule has 4 heteroatoms. The first-order chi connectivity index (χ1) is 5.13. The molecular formula is C7H14N4. The van der Waals surface area contributed by atoms with Gasteiger partial charge in [0.05, 0.1) is 6.04 Å². The summed E-state index contributed by atoms with van der Waals surface area (Å²) in [6, 6.07) is 0.290. The minimum Gasteiger partial charge on any atom is -0.322 e. The summed E-state index contributed by atoms with van der Waals surface area (Å²) in [5.41, 5.74) is 5.67. The molecule has 62 valence electrons. The van der Waals surface area contributed by atoms with Crippen LogP contribution in [0.2, 0.25) is 0 Å². The van der Waals surface area contributed by atoms with Crippen molar-refractivity contribution in [1.82, 2.24) is 14.8 Å². The zero-order valence-corrected chi connectivity index (χ0v) is 7.15.